The van der Waals surface area contributed by atoms with Gasteiger partial charge in [0.2, 0.25) is 0 Å². The quantitative estimate of drug-likeness (QED) is 0.117. The Labute approximate surface area is 861 Å². The van der Waals surface area contributed by atoms with Gasteiger partial charge in [0, 0.05) is 117 Å². The SMILES string of the molecule is c1ccc(-c2nc(-c3ccccc3)nc(-c3ccc4c(c3)sc3cc(-c5cccc6c5-c5ccccc5C65CCCCC5)ccc34)n2)cc1.c1ccc(-c2nc(-c3ccccc3)nc(-c3ccc4oc5ccc(-c6cccc7c6-c6ccccc6C76CCCCC6)cc5c4c3)n2)cc1.c1ccc(-c2nc(-c3ccccc3)nc(-c3ccc4sc5ccc(-c6cccc7c6-c6ccccc6C76CCCCC6)cc5c4c3)n2)cc1. The fraction of sp³-hybridized carbons (Fsp3) is 0.133. The van der Waals surface area contributed by atoms with Gasteiger partial charge in [-0.25, -0.2) is 44.9 Å². The van der Waals surface area contributed by atoms with Gasteiger partial charge in [-0.05, 0) is 211 Å². The Hall–Kier alpha value is -16.8. The van der Waals surface area contributed by atoms with Gasteiger partial charge in [-0.1, -0.05) is 404 Å². The maximum Gasteiger partial charge on any atom is 0.164 e. The first-order valence-corrected chi connectivity index (χ1v) is 53.6. The number of nitrogens with zero attached hydrogens (tertiary/aromatic N) is 9. The molecule has 6 aromatic heterocycles. The summed E-state index contributed by atoms with van der Waals surface area (Å²) in [6.45, 7) is 0. The van der Waals surface area contributed by atoms with Gasteiger partial charge in [0.25, 0.3) is 0 Å². The molecule has 0 radical (unpaired) electrons. The van der Waals surface area contributed by atoms with Gasteiger partial charge >= 0.3 is 0 Å². The lowest BCUT2D eigenvalue weighted by molar-refractivity contribution is 0.353. The lowest BCUT2D eigenvalue weighted by Crippen LogP contribution is -2.27. The molecule has 0 saturated heterocycles. The maximum atomic E-state index is 6.41. The molecule has 3 fully saturated rings. The molecular formula is C135H99N9OS2. The summed E-state index contributed by atoms with van der Waals surface area (Å²) in [6, 6.07) is 150. The molecule has 6 aliphatic carbocycles. The molecule has 0 atom stereocenters. The minimum Gasteiger partial charge on any atom is -0.456 e. The number of thiophene rings is 2. The van der Waals surface area contributed by atoms with Gasteiger partial charge in [-0.15, -0.1) is 22.7 Å². The molecular weight excluding hydrogens is 1830 g/mol. The van der Waals surface area contributed by atoms with Gasteiger partial charge in [-0.3, -0.25) is 0 Å². The van der Waals surface area contributed by atoms with Gasteiger partial charge < -0.3 is 4.42 Å². The van der Waals surface area contributed by atoms with Crippen LogP contribution in [0.5, 0.6) is 0 Å². The van der Waals surface area contributed by atoms with E-state index in [-0.39, 0.29) is 16.2 Å². The van der Waals surface area contributed by atoms with Crippen molar-refractivity contribution in [3.63, 3.8) is 0 Å². The van der Waals surface area contributed by atoms with Gasteiger partial charge in [0.1, 0.15) is 11.2 Å². The number of fused-ring (bicyclic) bond motifs is 24. The highest BCUT2D eigenvalue weighted by Gasteiger charge is 2.48. The molecule has 0 aliphatic heterocycles. The second kappa shape index (κ2) is 36.5. The summed E-state index contributed by atoms with van der Waals surface area (Å²) in [5, 5.41) is 7.20. The van der Waals surface area contributed by atoms with E-state index in [1.165, 1.54) is 237 Å². The maximum absolute atomic E-state index is 6.41. The Morgan fingerprint density at radius 3 is 0.741 bits per heavy atom. The molecule has 0 bridgehead atoms. The van der Waals surface area contributed by atoms with Crippen molar-refractivity contribution in [2.24, 2.45) is 0 Å². The highest BCUT2D eigenvalue weighted by atomic mass is 32.1. The van der Waals surface area contributed by atoms with Crippen LogP contribution >= 0.6 is 22.7 Å². The van der Waals surface area contributed by atoms with Crippen LogP contribution in [0.3, 0.4) is 0 Å². The summed E-state index contributed by atoms with van der Waals surface area (Å²) >= 11 is 3.70. The first-order chi connectivity index (χ1) is 72.7. The summed E-state index contributed by atoms with van der Waals surface area (Å²) < 4.78 is 11.5. The largest absolute Gasteiger partial charge is 0.456 e. The van der Waals surface area contributed by atoms with Crippen LogP contribution < -0.4 is 0 Å². The summed E-state index contributed by atoms with van der Waals surface area (Å²) in [4.78, 5) is 44.6. The second-order valence-electron chi connectivity index (χ2n) is 40.4. The third-order valence-electron chi connectivity index (χ3n) is 32.2. The zero-order valence-electron chi connectivity index (χ0n) is 81.2. The van der Waals surface area contributed by atoms with E-state index in [9.17, 15) is 0 Å². The molecule has 6 heterocycles. The molecule has 24 aromatic rings. The van der Waals surface area contributed by atoms with Crippen LogP contribution in [0.4, 0.5) is 0 Å². The molecule has 0 N–H and O–H groups in total. The second-order valence-corrected chi connectivity index (χ2v) is 42.6. The summed E-state index contributed by atoms with van der Waals surface area (Å²) in [6.07, 6.45) is 19.2. The Bertz CT molecular complexity index is 8750. The van der Waals surface area contributed by atoms with Crippen LogP contribution in [0, 0.1) is 0 Å². The molecule has 10 nitrogen and oxygen atoms in total. The lowest BCUT2D eigenvalue weighted by atomic mass is 9.68. The van der Waals surface area contributed by atoms with Crippen LogP contribution in [0.25, 0.3) is 232 Å². The zero-order valence-corrected chi connectivity index (χ0v) is 82.8. The third-order valence-corrected chi connectivity index (χ3v) is 34.5. The number of hydrogen-bond donors (Lipinski definition) is 0. The topological polar surface area (TPSA) is 129 Å². The van der Waals surface area contributed by atoms with Crippen molar-refractivity contribution in [1.82, 2.24) is 44.9 Å². The molecule has 3 spiro atoms. The average molecular weight is 1930 g/mol. The first-order valence-electron chi connectivity index (χ1n) is 52.0. The zero-order chi connectivity index (χ0) is 97.1. The van der Waals surface area contributed by atoms with E-state index in [1.807, 2.05) is 162 Å². The predicted octanol–water partition coefficient (Wildman–Crippen LogP) is 35.9. The van der Waals surface area contributed by atoms with Crippen molar-refractivity contribution in [1.29, 1.82) is 0 Å². The Balaban J connectivity index is 0.000000107. The van der Waals surface area contributed by atoms with E-state index < -0.39 is 0 Å². The summed E-state index contributed by atoms with van der Waals surface area (Å²) in [5.41, 5.74) is 36.3. The molecule has 12 heteroatoms. The summed E-state index contributed by atoms with van der Waals surface area (Å²) in [5.74, 6) is 6.01. The van der Waals surface area contributed by atoms with E-state index >= 15 is 0 Å². The first kappa shape index (κ1) is 88.0. The molecule has 6 aliphatic rings. The van der Waals surface area contributed by atoms with Crippen LogP contribution in [0.15, 0.2) is 423 Å². The molecule has 3 saturated carbocycles. The smallest absolute Gasteiger partial charge is 0.164 e. The predicted molar refractivity (Wildman–Crippen MR) is 606 cm³/mol. The van der Waals surface area contributed by atoms with E-state index in [2.05, 4.69) is 279 Å². The highest BCUT2D eigenvalue weighted by Crippen LogP contribution is 2.62. The summed E-state index contributed by atoms with van der Waals surface area (Å²) in [7, 11) is 0. The number of aromatic nitrogens is 9. The third kappa shape index (κ3) is 15.3. The monoisotopic (exact) mass is 1930 g/mol. The van der Waals surface area contributed by atoms with Crippen LogP contribution in [0.1, 0.15) is 130 Å². The van der Waals surface area contributed by atoms with Crippen molar-refractivity contribution in [3.8, 4) is 169 Å². The van der Waals surface area contributed by atoms with E-state index in [1.54, 1.807) is 0 Å². The molecule has 0 amide bonds. The normalized spacial score (nSPS) is 14.7. The Morgan fingerprint density at radius 1 is 0.163 bits per heavy atom. The van der Waals surface area contributed by atoms with Crippen molar-refractivity contribution in [2.75, 3.05) is 0 Å². The van der Waals surface area contributed by atoms with E-state index in [0.717, 1.165) is 72.0 Å². The number of rotatable bonds is 12. The highest BCUT2D eigenvalue weighted by molar-refractivity contribution is 7.26. The van der Waals surface area contributed by atoms with Crippen molar-refractivity contribution < 1.29 is 4.42 Å². The van der Waals surface area contributed by atoms with Crippen LogP contribution in [0.2, 0.25) is 0 Å². The minimum atomic E-state index is 0.128. The van der Waals surface area contributed by atoms with Crippen LogP contribution in [-0.2, 0) is 16.2 Å². The molecule has 18 aromatic carbocycles. The van der Waals surface area contributed by atoms with Gasteiger partial charge in [-0.2, -0.15) is 0 Å². The van der Waals surface area contributed by atoms with Crippen molar-refractivity contribution >= 4 is 85.0 Å². The molecule has 147 heavy (non-hydrogen) atoms. The van der Waals surface area contributed by atoms with Crippen molar-refractivity contribution in [3.05, 3.63) is 452 Å². The van der Waals surface area contributed by atoms with E-state index in [4.69, 9.17) is 49.3 Å². The fourth-order valence-electron chi connectivity index (χ4n) is 25.4. The van der Waals surface area contributed by atoms with E-state index in [0.29, 0.717) is 52.4 Å². The fourth-order valence-corrected chi connectivity index (χ4v) is 27.6. The van der Waals surface area contributed by atoms with Gasteiger partial charge in [0.15, 0.2) is 52.4 Å². The standard InChI is InChI=1S/C45H33N3O.2C45H33N3S/c1-4-13-29(14-5-1)42-46-43(30-15-6-2-7-16-30)48-44(47-42)32-22-24-40-36(28-32)35-27-31(21-23-39(35)49-40)33-18-12-20-38-41(33)34-17-8-9-19-37(34)45(38)25-10-3-11-26-45;1-4-13-29(14-5-1)42-46-43(30-15-6-2-7-16-30)48-44(47-42)32-22-24-35-34-23-21-31(27-39(34)49-40(35)28-32)33-18-12-20-38-41(33)36-17-8-9-19-37(36)45(38)25-10-3-11-26-45;1-4-13-29(14-5-1)42-46-43(30-15-6-2-7-16-30)48-44(47-42)32-22-24-40-36(28-32)35-27-31(21-23-39(35)49-40)33-18-12-20-38-41(33)34-17-8-9-19-37(34)45(38)25-10-3-11-26-45/h3*1-2,4-9,12-24,27-28H,3,10-11,25-26H2. The van der Waals surface area contributed by atoms with Gasteiger partial charge in [0.05, 0.1) is 0 Å². The number of furan rings is 1. The van der Waals surface area contributed by atoms with Crippen molar-refractivity contribution in [2.45, 2.75) is 113 Å². The molecule has 702 valence electrons. The molecule has 0 unspecified atom stereocenters. The minimum absolute atomic E-state index is 0.128. The number of benzene rings is 18. The van der Waals surface area contributed by atoms with Crippen LogP contribution in [-0.4, -0.2) is 44.9 Å². The average Bonchev–Trinajstić information content (AvgIpc) is 1.56. The lowest BCUT2D eigenvalue weighted by Gasteiger charge is -2.36. The Kier molecular flexibility index (Phi) is 21.9. The molecule has 30 rings (SSSR count). The Morgan fingerprint density at radius 2 is 0.395 bits per heavy atom. The number of hydrogen-bond acceptors (Lipinski definition) is 12.